The van der Waals surface area contributed by atoms with Crippen molar-refractivity contribution < 1.29 is 9.90 Å². The highest BCUT2D eigenvalue weighted by Crippen LogP contribution is 2.27. The molecule has 1 amide bonds. The molecule has 0 saturated heterocycles. The minimum absolute atomic E-state index is 0.177. The van der Waals surface area contributed by atoms with Crippen LogP contribution in [0.2, 0.25) is 0 Å². The fourth-order valence-corrected chi connectivity index (χ4v) is 2.30. The van der Waals surface area contributed by atoms with Crippen LogP contribution in [0.5, 0.6) is 0 Å². The molecule has 94 valence electrons. The minimum atomic E-state index is -0.716. The third kappa shape index (κ3) is 2.85. The largest absolute Gasteiger partial charge is 0.388 e. The van der Waals surface area contributed by atoms with E-state index in [0.29, 0.717) is 12.2 Å². The summed E-state index contributed by atoms with van der Waals surface area (Å²) < 4.78 is 1.67. The van der Waals surface area contributed by atoms with Gasteiger partial charge in [-0.15, -0.1) is 0 Å². The van der Waals surface area contributed by atoms with E-state index in [2.05, 4.69) is 10.3 Å². The fraction of sp³-hybridized carbons (Fsp3) is 0.667. The molecule has 1 aliphatic rings. The molecule has 0 bridgehead atoms. The number of rotatable bonds is 3. The molecule has 1 heterocycles. The Labute approximate surface area is 101 Å². The first kappa shape index (κ1) is 12.1. The number of aliphatic hydroxyl groups is 1. The zero-order valence-corrected chi connectivity index (χ0v) is 10.1. The lowest BCUT2D eigenvalue weighted by Crippen LogP contribution is -2.44. The third-order valence-corrected chi connectivity index (χ3v) is 3.41. The van der Waals surface area contributed by atoms with Crippen LogP contribution in [0.3, 0.4) is 0 Å². The van der Waals surface area contributed by atoms with E-state index in [0.717, 1.165) is 25.7 Å². The summed E-state index contributed by atoms with van der Waals surface area (Å²) in [5.41, 5.74) is -0.198. The van der Waals surface area contributed by atoms with Gasteiger partial charge < -0.3 is 15.0 Å². The first-order valence-electron chi connectivity index (χ1n) is 6.08. The number of carbonyl (C=O) groups is 1. The predicted molar refractivity (Wildman–Crippen MR) is 63.6 cm³/mol. The predicted octanol–water partition coefficient (Wildman–Crippen LogP) is 0.845. The van der Waals surface area contributed by atoms with Crippen molar-refractivity contribution in [3.8, 4) is 0 Å². The lowest BCUT2D eigenvalue weighted by molar-refractivity contribution is 0.00518. The van der Waals surface area contributed by atoms with Crippen molar-refractivity contribution in [2.24, 2.45) is 7.05 Å². The number of aryl methyl sites for hydroxylation is 1. The maximum atomic E-state index is 11.8. The average Bonchev–Trinajstić information content (AvgIpc) is 2.74. The Morgan fingerprint density at radius 2 is 2.24 bits per heavy atom. The molecule has 2 rings (SSSR count). The van der Waals surface area contributed by atoms with E-state index in [4.69, 9.17) is 0 Å². The van der Waals surface area contributed by atoms with Gasteiger partial charge >= 0.3 is 0 Å². The monoisotopic (exact) mass is 237 g/mol. The molecule has 2 N–H and O–H groups in total. The van der Waals surface area contributed by atoms with E-state index in [9.17, 15) is 9.90 Å². The van der Waals surface area contributed by atoms with Crippen LogP contribution in [-0.4, -0.2) is 32.7 Å². The average molecular weight is 237 g/mol. The summed E-state index contributed by atoms with van der Waals surface area (Å²) in [5, 5.41) is 13.0. The van der Waals surface area contributed by atoms with Crippen LogP contribution < -0.4 is 5.32 Å². The van der Waals surface area contributed by atoms with Crippen LogP contribution in [-0.2, 0) is 7.05 Å². The number of carbonyl (C=O) groups excluding carboxylic acids is 1. The lowest BCUT2D eigenvalue weighted by Gasteiger charge is -2.32. The summed E-state index contributed by atoms with van der Waals surface area (Å²) in [6.07, 6.45) is 7.93. The molecular formula is C12H19N3O2. The quantitative estimate of drug-likeness (QED) is 0.818. The Hall–Kier alpha value is -1.36. The number of nitrogens with zero attached hydrogens (tertiary/aromatic N) is 2. The summed E-state index contributed by atoms with van der Waals surface area (Å²) in [6, 6.07) is 0. The Morgan fingerprint density at radius 1 is 1.53 bits per heavy atom. The molecule has 0 spiro atoms. The first-order chi connectivity index (χ1) is 8.11. The maximum Gasteiger partial charge on any atom is 0.269 e. The SMILES string of the molecule is Cn1cncc1C(=O)NCC1(O)CCCCC1. The van der Waals surface area contributed by atoms with E-state index < -0.39 is 5.60 Å². The van der Waals surface area contributed by atoms with E-state index in [1.165, 1.54) is 12.6 Å². The molecule has 0 aromatic carbocycles. The molecule has 0 radical (unpaired) electrons. The molecule has 17 heavy (non-hydrogen) atoms. The zero-order chi connectivity index (χ0) is 12.3. The molecule has 1 aliphatic carbocycles. The summed E-state index contributed by atoms with van der Waals surface area (Å²) in [5.74, 6) is -0.177. The second-order valence-corrected chi connectivity index (χ2v) is 4.86. The molecule has 0 aliphatic heterocycles. The van der Waals surface area contributed by atoms with Gasteiger partial charge in [0, 0.05) is 13.6 Å². The summed E-state index contributed by atoms with van der Waals surface area (Å²) in [4.78, 5) is 15.7. The van der Waals surface area contributed by atoms with Crippen LogP contribution in [0.4, 0.5) is 0 Å². The van der Waals surface area contributed by atoms with Crippen LogP contribution in [0, 0.1) is 0 Å². The minimum Gasteiger partial charge on any atom is -0.388 e. The highest BCUT2D eigenvalue weighted by molar-refractivity contribution is 5.92. The highest BCUT2D eigenvalue weighted by atomic mass is 16.3. The van der Waals surface area contributed by atoms with E-state index in [1.54, 1.807) is 17.9 Å². The number of imidazole rings is 1. The number of hydrogen-bond donors (Lipinski definition) is 2. The zero-order valence-electron chi connectivity index (χ0n) is 10.1. The number of amides is 1. The first-order valence-corrected chi connectivity index (χ1v) is 6.08. The van der Waals surface area contributed by atoms with Gasteiger partial charge in [-0.2, -0.15) is 0 Å². The van der Waals surface area contributed by atoms with Gasteiger partial charge in [0.05, 0.1) is 18.1 Å². The number of nitrogens with one attached hydrogen (secondary N) is 1. The van der Waals surface area contributed by atoms with Crippen molar-refractivity contribution >= 4 is 5.91 Å². The second kappa shape index (κ2) is 4.87. The summed E-state index contributed by atoms with van der Waals surface area (Å²) in [6.45, 7) is 0.330. The van der Waals surface area contributed by atoms with Crippen molar-refractivity contribution in [3.63, 3.8) is 0 Å². The van der Waals surface area contributed by atoms with Crippen molar-refractivity contribution in [3.05, 3.63) is 18.2 Å². The van der Waals surface area contributed by atoms with E-state index in [-0.39, 0.29) is 5.91 Å². The van der Waals surface area contributed by atoms with Gasteiger partial charge in [-0.05, 0) is 12.8 Å². The van der Waals surface area contributed by atoms with Gasteiger partial charge in [-0.3, -0.25) is 4.79 Å². The maximum absolute atomic E-state index is 11.8. The normalized spacial score (nSPS) is 18.9. The highest BCUT2D eigenvalue weighted by Gasteiger charge is 2.29. The standard InChI is InChI=1S/C12H19N3O2/c1-15-9-13-7-10(15)11(16)14-8-12(17)5-3-2-4-6-12/h7,9,17H,2-6,8H2,1H3,(H,14,16). The molecule has 5 nitrogen and oxygen atoms in total. The topological polar surface area (TPSA) is 67.2 Å². The van der Waals surface area contributed by atoms with Gasteiger partial charge in [0.15, 0.2) is 0 Å². The summed E-state index contributed by atoms with van der Waals surface area (Å²) in [7, 11) is 1.78. The molecule has 1 aromatic rings. The third-order valence-electron chi connectivity index (χ3n) is 3.41. The van der Waals surface area contributed by atoms with Crippen molar-refractivity contribution in [2.75, 3.05) is 6.54 Å². The Bertz CT molecular complexity index is 394. The van der Waals surface area contributed by atoms with Crippen molar-refractivity contribution in [1.29, 1.82) is 0 Å². The van der Waals surface area contributed by atoms with Gasteiger partial charge in [0.2, 0.25) is 0 Å². The second-order valence-electron chi connectivity index (χ2n) is 4.86. The Morgan fingerprint density at radius 3 is 2.82 bits per heavy atom. The fourth-order valence-electron chi connectivity index (χ4n) is 2.30. The van der Waals surface area contributed by atoms with Crippen molar-refractivity contribution in [2.45, 2.75) is 37.7 Å². The Balaban J connectivity index is 1.90. The van der Waals surface area contributed by atoms with Crippen LogP contribution in [0.25, 0.3) is 0 Å². The molecule has 0 atom stereocenters. The van der Waals surface area contributed by atoms with Gasteiger partial charge in [-0.1, -0.05) is 19.3 Å². The van der Waals surface area contributed by atoms with Gasteiger partial charge in [0.25, 0.3) is 5.91 Å². The van der Waals surface area contributed by atoms with Gasteiger partial charge in [0.1, 0.15) is 5.69 Å². The Kier molecular flexibility index (Phi) is 3.47. The van der Waals surface area contributed by atoms with Crippen LogP contribution in [0.15, 0.2) is 12.5 Å². The lowest BCUT2D eigenvalue weighted by atomic mass is 9.85. The van der Waals surface area contributed by atoms with E-state index in [1.807, 2.05) is 0 Å². The smallest absolute Gasteiger partial charge is 0.269 e. The molecule has 1 fully saturated rings. The van der Waals surface area contributed by atoms with Crippen LogP contribution >= 0.6 is 0 Å². The number of aromatic nitrogens is 2. The summed E-state index contributed by atoms with van der Waals surface area (Å²) >= 11 is 0. The number of hydrogen-bond acceptors (Lipinski definition) is 3. The van der Waals surface area contributed by atoms with Crippen LogP contribution in [0.1, 0.15) is 42.6 Å². The molecule has 0 unspecified atom stereocenters. The van der Waals surface area contributed by atoms with Gasteiger partial charge in [-0.25, -0.2) is 4.98 Å². The van der Waals surface area contributed by atoms with Crippen molar-refractivity contribution in [1.82, 2.24) is 14.9 Å². The molecule has 1 saturated carbocycles. The molecular weight excluding hydrogens is 218 g/mol. The van der Waals surface area contributed by atoms with E-state index >= 15 is 0 Å². The molecule has 1 aromatic heterocycles. The molecule has 5 heteroatoms.